The van der Waals surface area contributed by atoms with Gasteiger partial charge in [0.1, 0.15) is 0 Å². The van der Waals surface area contributed by atoms with E-state index in [0.717, 1.165) is 97.5 Å². The maximum atomic E-state index is 6.17. The van der Waals surface area contributed by atoms with E-state index in [1.807, 2.05) is 0 Å². The molecular weight excluding hydrogens is 368 g/mol. The molecule has 168 valence electrons. The van der Waals surface area contributed by atoms with Crippen molar-refractivity contribution < 1.29 is 14.2 Å². The lowest BCUT2D eigenvalue weighted by Gasteiger charge is -2.35. The fourth-order valence-electron chi connectivity index (χ4n) is 4.37. The Morgan fingerprint density at radius 1 is 1.10 bits per heavy atom. The molecule has 7 nitrogen and oxygen atoms in total. The molecule has 7 heteroatoms. The van der Waals surface area contributed by atoms with Crippen LogP contribution in [0.25, 0.3) is 0 Å². The third kappa shape index (κ3) is 8.04. The maximum absolute atomic E-state index is 6.17. The molecule has 1 N–H and O–H groups in total. The van der Waals surface area contributed by atoms with Crippen LogP contribution in [-0.2, 0) is 14.2 Å². The first-order valence-corrected chi connectivity index (χ1v) is 11.8. The Kier molecular flexibility index (Phi) is 10.00. The van der Waals surface area contributed by atoms with E-state index in [1.165, 1.54) is 12.8 Å². The summed E-state index contributed by atoms with van der Waals surface area (Å²) in [6.07, 6.45) is 6.44. The van der Waals surface area contributed by atoms with Crippen molar-refractivity contribution in [1.82, 2.24) is 15.1 Å². The molecule has 3 rings (SSSR count). The van der Waals surface area contributed by atoms with Crippen LogP contribution in [0.4, 0.5) is 0 Å². The van der Waals surface area contributed by atoms with Crippen molar-refractivity contribution in [2.75, 3.05) is 72.2 Å². The lowest BCUT2D eigenvalue weighted by Crippen LogP contribution is -2.47. The molecule has 0 aromatic rings. The molecule has 0 aliphatic carbocycles. The third-order valence-corrected chi connectivity index (χ3v) is 6.09. The van der Waals surface area contributed by atoms with E-state index >= 15 is 0 Å². The van der Waals surface area contributed by atoms with E-state index in [0.29, 0.717) is 18.1 Å². The Labute approximate surface area is 177 Å². The topological polar surface area (TPSA) is 58.6 Å². The van der Waals surface area contributed by atoms with Gasteiger partial charge in [-0.05, 0) is 44.9 Å². The summed E-state index contributed by atoms with van der Waals surface area (Å²) in [7, 11) is 0. The van der Waals surface area contributed by atoms with Crippen LogP contribution in [-0.4, -0.2) is 100 Å². The molecular formula is C22H42N4O3. The maximum Gasteiger partial charge on any atom is 0.193 e. The van der Waals surface area contributed by atoms with Crippen molar-refractivity contribution in [3.05, 3.63) is 0 Å². The number of ether oxygens (including phenoxy) is 3. The molecule has 3 saturated heterocycles. The summed E-state index contributed by atoms with van der Waals surface area (Å²) in [6.45, 7) is 14.8. The minimum atomic E-state index is 0.314. The van der Waals surface area contributed by atoms with E-state index in [4.69, 9.17) is 19.2 Å². The van der Waals surface area contributed by atoms with Crippen molar-refractivity contribution in [3.8, 4) is 0 Å². The summed E-state index contributed by atoms with van der Waals surface area (Å²) < 4.78 is 17.4. The number of likely N-dealkylation sites (tertiary alicyclic amines) is 1. The molecule has 2 atom stereocenters. The number of guanidine groups is 1. The predicted molar refractivity (Wildman–Crippen MR) is 117 cm³/mol. The molecule has 3 aliphatic heterocycles. The standard InChI is InChI=1S/C22H42N4O3/c1-3-23-22(24-16-19(2)17-25-11-14-27-15-12-25)26-9-7-20(8-10-26)29-18-21-6-4-5-13-28-21/h19-21H,3-18H2,1-2H3,(H,23,24). The van der Waals surface area contributed by atoms with Crippen molar-refractivity contribution in [2.45, 2.75) is 58.2 Å². The molecule has 0 aromatic heterocycles. The smallest absolute Gasteiger partial charge is 0.193 e. The molecule has 2 unspecified atom stereocenters. The Bertz CT molecular complexity index is 471. The van der Waals surface area contributed by atoms with Crippen LogP contribution in [0.1, 0.15) is 46.0 Å². The Hall–Kier alpha value is -0.890. The minimum absolute atomic E-state index is 0.314. The average molecular weight is 411 g/mol. The van der Waals surface area contributed by atoms with Gasteiger partial charge in [-0.25, -0.2) is 0 Å². The molecule has 29 heavy (non-hydrogen) atoms. The highest BCUT2D eigenvalue weighted by molar-refractivity contribution is 5.80. The lowest BCUT2D eigenvalue weighted by atomic mass is 10.1. The summed E-state index contributed by atoms with van der Waals surface area (Å²) in [5.74, 6) is 1.62. The molecule has 0 saturated carbocycles. The van der Waals surface area contributed by atoms with Crippen molar-refractivity contribution in [2.24, 2.45) is 10.9 Å². The second kappa shape index (κ2) is 12.7. The van der Waals surface area contributed by atoms with Crippen LogP contribution in [0.3, 0.4) is 0 Å². The van der Waals surface area contributed by atoms with Gasteiger partial charge in [-0.15, -0.1) is 0 Å². The van der Waals surface area contributed by atoms with E-state index in [2.05, 4.69) is 29.0 Å². The number of morpholine rings is 1. The number of rotatable bonds is 8. The Balaban J connectivity index is 1.38. The van der Waals surface area contributed by atoms with Crippen LogP contribution in [0.2, 0.25) is 0 Å². The minimum Gasteiger partial charge on any atom is -0.379 e. The first-order chi connectivity index (χ1) is 14.2. The summed E-state index contributed by atoms with van der Waals surface area (Å²) in [4.78, 5) is 9.86. The van der Waals surface area contributed by atoms with Gasteiger partial charge >= 0.3 is 0 Å². The van der Waals surface area contributed by atoms with Gasteiger partial charge in [-0.2, -0.15) is 0 Å². The van der Waals surface area contributed by atoms with E-state index in [9.17, 15) is 0 Å². The lowest BCUT2D eigenvalue weighted by molar-refractivity contribution is -0.0721. The summed E-state index contributed by atoms with van der Waals surface area (Å²) in [5, 5.41) is 3.49. The fourth-order valence-corrected chi connectivity index (χ4v) is 4.37. The van der Waals surface area contributed by atoms with Crippen LogP contribution in [0.15, 0.2) is 4.99 Å². The first kappa shape index (κ1) is 22.8. The molecule has 3 fully saturated rings. The van der Waals surface area contributed by atoms with Crippen molar-refractivity contribution >= 4 is 5.96 Å². The highest BCUT2D eigenvalue weighted by Crippen LogP contribution is 2.18. The monoisotopic (exact) mass is 410 g/mol. The van der Waals surface area contributed by atoms with Gasteiger partial charge in [0.05, 0.1) is 32.0 Å². The molecule has 0 amide bonds. The second-order valence-corrected chi connectivity index (χ2v) is 8.72. The largest absolute Gasteiger partial charge is 0.379 e. The molecule has 0 aromatic carbocycles. The van der Waals surface area contributed by atoms with E-state index in [-0.39, 0.29) is 0 Å². The van der Waals surface area contributed by atoms with Gasteiger partial charge in [0.2, 0.25) is 0 Å². The van der Waals surface area contributed by atoms with Gasteiger partial charge in [-0.1, -0.05) is 6.92 Å². The fraction of sp³-hybridized carbons (Fsp3) is 0.955. The highest BCUT2D eigenvalue weighted by atomic mass is 16.5. The zero-order valence-corrected chi connectivity index (χ0v) is 18.6. The highest BCUT2D eigenvalue weighted by Gasteiger charge is 2.24. The summed E-state index contributed by atoms with van der Waals surface area (Å²) >= 11 is 0. The Morgan fingerprint density at radius 3 is 2.59 bits per heavy atom. The zero-order chi connectivity index (χ0) is 20.3. The molecule has 3 heterocycles. The number of nitrogens with zero attached hydrogens (tertiary/aromatic N) is 3. The second-order valence-electron chi connectivity index (χ2n) is 8.72. The number of aliphatic imine (C=N–C) groups is 1. The van der Waals surface area contributed by atoms with Crippen LogP contribution in [0, 0.1) is 5.92 Å². The van der Waals surface area contributed by atoms with Crippen molar-refractivity contribution in [3.63, 3.8) is 0 Å². The molecule has 0 radical (unpaired) electrons. The summed E-state index contributed by atoms with van der Waals surface area (Å²) in [5.41, 5.74) is 0. The number of hydrogen-bond acceptors (Lipinski definition) is 5. The van der Waals surface area contributed by atoms with Gasteiger partial charge in [0, 0.05) is 52.4 Å². The summed E-state index contributed by atoms with van der Waals surface area (Å²) in [6, 6.07) is 0. The van der Waals surface area contributed by atoms with Crippen LogP contribution < -0.4 is 5.32 Å². The predicted octanol–water partition coefficient (Wildman–Crippen LogP) is 1.97. The number of hydrogen-bond donors (Lipinski definition) is 1. The van der Waals surface area contributed by atoms with Gasteiger partial charge in [-0.3, -0.25) is 9.89 Å². The molecule has 0 spiro atoms. The molecule has 3 aliphatic rings. The normalized spacial score (nSPS) is 26.5. The van der Waals surface area contributed by atoms with Gasteiger partial charge in [0.15, 0.2) is 5.96 Å². The quantitative estimate of drug-likeness (QED) is 0.488. The number of nitrogens with one attached hydrogen (secondary N) is 1. The Morgan fingerprint density at radius 2 is 1.90 bits per heavy atom. The van der Waals surface area contributed by atoms with Crippen LogP contribution >= 0.6 is 0 Å². The van der Waals surface area contributed by atoms with Crippen molar-refractivity contribution in [1.29, 1.82) is 0 Å². The van der Waals surface area contributed by atoms with E-state index in [1.54, 1.807) is 0 Å². The van der Waals surface area contributed by atoms with E-state index < -0.39 is 0 Å². The number of piperidine rings is 1. The average Bonchev–Trinajstić information content (AvgIpc) is 2.77. The first-order valence-electron chi connectivity index (χ1n) is 11.8. The third-order valence-electron chi connectivity index (χ3n) is 6.09. The van der Waals surface area contributed by atoms with Crippen LogP contribution in [0.5, 0.6) is 0 Å². The van der Waals surface area contributed by atoms with Gasteiger partial charge < -0.3 is 24.4 Å². The SMILES string of the molecule is CCNC(=NCC(C)CN1CCOCC1)N1CCC(OCC2CCCCO2)CC1. The van der Waals surface area contributed by atoms with Gasteiger partial charge in [0.25, 0.3) is 0 Å². The zero-order valence-electron chi connectivity index (χ0n) is 18.6. The molecule has 0 bridgehead atoms.